The number of piperidine rings is 2. The summed E-state index contributed by atoms with van der Waals surface area (Å²) >= 11 is 6.09. The largest absolute Gasteiger partial charge is 0.467 e. The van der Waals surface area contributed by atoms with Crippen LogP contribution >= 0.6 is 11.6 Å². The number of aromatic nitrogens is 2. The molecule has 2 aliphatic heterocycles. The van der Waals surface area contributed by atoms with Crippen LogP contribution in [0.2, 0.25) is 11.8 Å². The standard InChI is InChI=1S/C21H27BClFN4O3/c1-22(29)28-11-13-4-8-17(28)20(24)21(13)27(2)19-9-7-16(25-26-19)15-6-5-14(23)10-18(15)31-12-30-3/h5-7,9-10,13,17,20-21,29H,4,8,11-12H2,1-3H3/t13?,17?,20-,21+/m1/s1. The lowest BCUT2D eigenvalue weighted by atomic mass is 9.68. The van der Waals surface area contributed by atoms with Crippen molar-refractivity contribution in [1.29, 1.82) is 0 Å². The fraction of sp³-hybridized carbons (Fsp3) is 0.524. The van der Waals surface area contributed by atoms with Gasteiger partial charge in [-0.15, -0.1) is 10.2 Å². The summed E-state index contributed by atoms with van der Waals surface area (Å²) in [6, 6.07) is 8.43. The van der Waals surface area contributed by atoms with E-state index >= 15 is 4.39 Å². The van der Waals surface area contributed by atoms with Crippen LogP contribution in [-0.4, -0.2) is 72.8 Å². The van der Waals surface area contributed by atoms with Crippen molar-refractivity contribution in [2.75, 3.05) is 32.4 Å². The molecule has 1 aromatic heterocycles. The molecule has 2 aromatic rings. The number of benzene rings is 1. The van der Waals surface area contributed by atoms with Crippen LogP contribution in [-0.2, 0) is 4.74 Å². The Bertz CT molecular complexity index is 905. The monoisotopic (exact) mass is 448 g/mol. The molecule has 1 N–H and O–H groups in total. The Morgan fingerprint density at radius 2 is 2.10 bits per heavy atom. The highest BCUT2D eigenvalue weighted by Gasteiger charge is 2.51. The molecule has 0 spiro atoms. The van der Waals surface area contributed by atoms with Crippen molar-refractivity contribution >= 4 is 24.5 Å². The van der Waals surface area contributed by atoms with Gasteiger partial charge in [-0.1, -0.05) is 11.6 Å². The van der Waals surface area contributed by atoms with E-state index in [-0.39, 0.29) is 24.8 Å². The van der Waals surface area contributed by atoms with Crippen molar-refractivity contribution in [2.24, 2.45) is 5.92 Å². The van der Waals surface area contributed by atoms with Gasteiger partial charge in [-0.2, -0.15) is 0 Å². The van der Waals surface area contributed by atoms with E-state index in [0.29, 0.717) is 28.8 Å². The van der Waals surface area contributed by atoms with Crippen LogP contribution < -0.4 is 9.64 Å². The van der Waals surface area contributed by atoms with Crippen molar-refractivity contribution in [3.05, 3.63) is 35.4 Å². The zero-order valence-electron chi connectivity index (χ0n) is 17.9. The second kappa shape index (κ2) is 9.28. The molecule has 7 nitrogen and oxygen atoms in total. The number of hydrogen-bond acceptors (Lipinski definition) is 7. The number of hydrogen-bond donors (Lipinski definition) is 1. The summed E-state index contributed by atoms with van der Waals surface area (Å²) in [5.74, 6) is 1.30. The molecular formula is C21H27BClFN4O3. The molecule has 1 saturated carbocycles. The van der Waals surface area contributed by atoms with Gasteiger partial charge >= 0.3 is 7.05 Å². The maximum Gasteiger partial charge on any atom is 0.376 e. The molecule has 3 fully saturated rings. The van der Waals surface area contributed by atoms with Gasteiger partial charge in [0.05, 0.1) is 11.7 Å². The van der Waals surface area contributed by atoms with Gasteiger partial charge in [-0.05, 0) is 62.5 Å². The molecule has 5 rings (SSSR count). The number of halogens is 2. The van der Waals surface area contributed by atoms with E-state index in [9.17, 15) is 5.02 Å². The topological polar surface area (TPSA) is 71.0 Å². The predicted octanol–water partition coefficient (Wildman–Crippen LogP) is 3.13. The van der Waals surface area contributed by atoms with E-state index in [1.807, 2.05) is 35.0 Å². The maximum atomic E-state index is 15.4. The summed E-state index contributed by atoms with van der Waals surface area (Å²) in [5.41, 5.74) is 1.37. The van der Waals surface area contributed by atoms with Gasteiger partial charge in [0.2, 0.25) is 0 Å². The molecule has 4 atom stereocenters. The van der Waals surface area contributed by atoms with Crippen molar-refractivity contribution < 1.29 is 18.9 Å². The fourth-order valence-electron chi connectivity index (χ4n) is 4.88. The number of alkyl halides is 1. The molecular weight excluding hydrogens is 422 g/mol. The van der Waals surface area contributed by atoms with Crippen molar-refractivity contribution in [2.45, 2.75) is 37.9 Å². The van der Waals surface area contributed by atoms with E-state index in [1.54, 1.807) is 26.1 Å². The van der Waals surface area contributed by atoms with Crippen molar-refractivity contribution in [1.82, 2.24) is 15.0 Å². The second-order valence-electron chi connectivity index (χ2n) is 8.25. The SMILES string of the molecule is COCOc1cc(Cl)ccc1-c1ccc(N(C)[C@H]2C3CCC([C@H]2F)N(B(C)O)C3)nn1. The molecule has 3 aliphatic rings. The maximum absolute atomic E-state index is 15.4. The molecule has 1 aliphatic carbocycles. The Balaban J connectivity index is 1.54. The summed E-state index contributed by atoms with van der Waals surface area (Å²) in [4.78, 5) is 3.77. The number of rotatable bonds is 7. The lowest BCUT2D eigenvalue weighted by molar-refractivity contribution is 0.00393. The van der Waals surface area contributed by atoms with Crippen LogP contribution in [0, 0.1) is 5.92 Å². The first kappa shape index (κ1) is 22.3. The fourth-order valence-corrected chi connectivity index (χ4v) is 5.04. The zero-order chi connectivity index (χ0) is 22.1. The van der Waals surface area contributed by atoms with E-state index in [2.05, 4.69) is 10.2 Å². The molecule has 0 amide bonds. The minimum absolute atomic E-state index is 0.0905. The van der Waals surface area contributed by atoms with Gasteiger partial charge in [0.1, 0.15) is 11.9 Å². The van der Waals surface area contributed by atoms with Gasteiger partial charge in [-0.25, -0.2) is 4.39 Å². The molecule has 2 bridgehead atoms. The summed E-state index contributed by atoms with van der Waals surface area (Å²) in [6.45, 7) is 2.49. The van der Waals surface area contributed by atoms with Crippen LogP contribution in [0.1, 0.15) is 12.8 Å². The van der Waals surface area contributed by atoms with Crippen LogP contribution in [0.15, 0.2) is 30.3 Å². The average molecular weight is 449 g/mol. The first-order chi connectivity index (χ1) is 14.9. The Labute approximate surface area is 187 Å². The van der Waals surface area contributed by atoms with Gasteiger partial charge in [-0.3, -0.25) is 0 Å². The number of methoxy groups -OCH3 is 1. The number of nitrogens with zero attached hydrogens (tertiary/aromatic N) is 4. The van der Waals surface area contributed by atoms with Crippen molar-refractivity contribution in [3.8, 4) is 17.0 Å². The quantitative estimate of drug-likeness (QED) is 0.515. The Morgan fingerprint density at radius 3 is 2.74 bits per heavy atom. The average Bonchev–Trinajstić information content (AvgIpc) is 2.77. The Kier molecular flexibility index (Phi) is 6.67. The van der Waals surface area contributed by atoms with Crippen LogP contribution in [0.5, 0.6) is 5.75 Å². The van der Waals surface area contributed by atoms with Gasteiger partial charge < -0.3 is 24.2 Å². The highest BCUT2D eigenvalue weighted by molar-refractivity contribution is 6.45. The predicted molar refractivity (Wildman–Crippen MR) is 119 cm³/mol. The minimum atomic E-state index is -1.06. The molecule has 10 heteroatoms. The lowest BCUT2D eigenvalue weighted by Crippen LogP contribution is -2.68. The molecule has 2 unspecified atom stereocenters. The van der Waals surface area contributed by atoms with Crippen LogP contribution in [0.25, 0.3) is 11.3 Å². The van der Waals surface area contributed by atoms with Crippen LogP contribution in [0.4, 0.5) is 10.2 Å². The van der Waals surface area contributed by atoms with Gasteiger partial charge in [0.15, 0.2) is 12.6 Å². The summed E-state index contributed by atoms with van der Waals surface area (Å²) in [5, 5.41) is 19.3. The highest BCUT2D eigenvalue weighted by Crippen LogP contribution is 2.41. The smallest absolute Gasteiger partial charge is 0.376 e. The third-order valence-electron chi connectivity index (χ3n) is 6.37. The number of fused-ring (bicyclic) bond motifs is 3. The first-order valence-corrected chi connectivity index (χ1v) is 10.8. The third kappa shape index (κ3) is 4.37. The Hall–Kier alpha value is -1.94. The van der Waals surface area contributed by atoms with E-state index in [1.165, 1.54) is 0 Å². The molecule has 2 saturated heterocycles. The molecule has 166 valence electrons. The van der Waals surface area contributed by atoms with E-state index < -0.39 is 13.2 Å². The van der Waals surface area contributed by atoms with E-state index in [0.717, 1.165) is 18.4 Å². The molecule has 3 heterocycles. The van der Waals surface area contributed by atoms with Crippen molar-refractivity contribution in [3.63, 3.8) is 0 Å². The highest BCUT2D eigenvalue weighted by atomic mass is 35.5. The zero-order valence-corrected chi connectivity index (χ0v) is 18.7. The second-order valence-corrected chi connectivity index (χ2v) is 8.68. The van der Waals surface area contributed by atoms with Gasteiger partial charge in [0.25, 0.3) is 0 Å². The van der Waals surface area contributed by atoms with Crippen LogP contribution in [0.3, 0.4) is 0 Å². The number of anilines is 1. The molecule has 0 radical (unpaired) electrons. The summed E-state index contributed by atoms with van der Waals surface area (Å²) in [7, 11) is 2.78. The van der Waals surface area contributed by atoms with Gasteiger partial charge in [0, 0.05) is 30.8 Å². The first-order valence-electron chi connectivity index (χ1n) is 10.5. The summed E-state index contributed by atoms with van der Waals surface area (Å²) < 4.78 is 26.0. The summed E-state index contributed by atoms with van der Waals surface area (Å²) in [6.07, 6.45) is 0.658. The lowest BCUT2D eigenvalue weighted by Gasteiger charge is -2.54. The molecule has 31 heavy (non-hydrogen) atoms. The molecule has 1 aromatic carbocycles. The third-order valence-corrected chi connectivity index (χ3v) is 6.61. The normalized spacial score (nSPS) is 25.5. The Morgan fingerprint density at radius 1 is 1.29 bits per heavy atom. The van der Waals surface area contributed by atoms with E-state index in [4.69, 9.17) is 21.1 Å². The minimum Gasteiger partial charge on any atom is -0.467 e. The number of ether oxygens (including phenoxy) is 2.